The first-order valence-corrected chi connectivity index (χ1v) is 26.4. The Hall–Kier alpha value is -8.10. The second-order valence-electron chi connectivity index (χ2n) is 19.9. The van der Waals surface area contributed by atoms with Crippen LogP contribution in [0.15, 0.2) is 84.9 Å². The molecule has 11 rings (SSSR count). The number of fused-ring (bicyclic) bond motifs is 3. The van der Waals surface area contributed by atoms with E-state index in [1.807, 2.05) is 72.5 Å². The maximum atomic E-state index is 15.5. The lowest BCUT2D eigenvalue weighted by Crippen LogP contribution is -2.54. The van der Waals surface area contributed by atoms with Crippen LogP contribution >= 0.6 is 11.3 Å². The zero-order valence-electron chi connectivity index (χ0n) is 41.7. The molecule has 5 aliphatic rings. The number of imide groups is 2. The van der Waals surface area contributed by atoms with E-state index in [2.05, 4.69) is 20.5 Å². The van der Waals surface area contributed by atoms with Crippen molar-refractivity contribution < 1.29 is 47.8 Å². The first-order valence-electron chi connectivity index (χ1n) is 25.6. The Morgan fingerprint density at radius 2 is 1.62 bits per heavy atom. The molecule has 390 valence electrons. The molecule has 3 N–H and O–H groups in total. The number of halogens is 1. The van der Waals surface area contributed by atoms with Crippen LogP contribution in [0.1, 0.15) is 90.4 Å². The number of hydrogen-bond acceptors (Lipinski definition) is 14. The molecule has 7 heterocycles. The molecule has 76 heavy (non-hydrogen) atoms. The van der Waals surface area contributed by atoms with Crippen molar-refractivity contribution in [3.8, 4) is 16.9 Å². The number of piperazine rings is 1. The van der Waals surface area contributed by atoms with Crippen molar-refractivity contribution in [3.05, 3.63) is 130 Å². The summed E-state index contributed by atoms with van der Waals surface area (Å²) in [5.41, 5.74) is 5.18. The van der Waals surface area contributed by atoms with Crippen LogP contribution in [-0.2, 0) is 27.3 Å². The number of amides is 6. The maximum Gasteiger partial charge on any atom is 0.355 e. The molecular formula is C56H54FN9O9S. The van der Waals surface area contributed by atoms with Crippen molar-refractivity contribution >= 4 is 79.6 Å². The van der Waals surface area contributed by atoms with E-state index < -0.39 is 41.5 Å². The highest BCUT2D eigenvalue weighted by Gasteiger charge is 2.45. The summed E-state index contributed by atoms with van der Waals surface area (Å²) < 4.78 is 22.8. The van der Waals surface area contributed by atoms with Crippen molar-refractivity contribution in [2.45, 2.75) is 58.0 Å². The SMILES string of the molecule is Cc1c(OCCC[C@@H]2CCN(CC(=O)N3CCN(c4cc5c(cc4F)C(=O)N(C4CCC(=O)NC4=O)C5=O)CC3)C2)cccc1-c1ccc(N2CCc3cccc(C(=O)Nc4nc5ccccc5s4)c3C2)nc1C(=O)O. The van der Waals surface area contributed by atoms with Gasteiger partial charge in [-0.05, 0) is 122 Å². The molecule has 0 radical (unpaired) electrons. The summed E-state index contributed by atoms with van der Waals surface area (Å²) in [5, 5.41) is 16.1. The number of pyridine rings is 1. The van der Waals surface area contributed by atoms with Crippen LogP contribution in [0.25, 0.3) is 21.3 Å². The van der Waals surface area contributed by atoms with E-state index >= 15 is 4.39 Å². The Balaban J connectivity index is 0.653. The smallest absolute Gasteiger partial charge is 0.355 e. The molecule has 3 saturated heterocycles. The summed E-state index contributed by atoms with van der Waals surface area (Å²) in [6.45, 7) is 6.52. The number of aromatic carboxylic acids is 1. The van der Waals surface area contributed by atoms with Gasteiger partial charge in [-0.2, -0.15) is 0 Å². The van der Waals surface area contributed by atoms with Gasteiger partial charge in [-0.1, -0.05) is 47.7 Å². The number of benzene rings is 4. The highest BCUT2D eigenvalue weighted by molar-refractivity contribution is 7.22. The Labute approximate surface area is 440 Å². The van der Waals surface area contributed by atoms with E-state index in [-0.39, 0.29) is 53.7 Å². The monoisotopic (exact) mass is 1050 g/mol. The summed E-state index contributed by atoms with van der Waals surface area (Å²) in [7, 11) is 0. The summed E-state index contributed by atoms with van der Waals surface area (Å²) in [5.74, 6) is -3.27. The molecule has 6 aromatic rings. The lowest BCUT2D eigenvalue weighted by atomic mass is 9.94. The molecule has 0 aliphatic carbocycles. The Bertz CT molecular complexity index is 3340. The minimum absolute atomic E-state index is 0.000329. The lowest BCUT2D eigenvalue weighted by molar-refractivity contribution is -0.136. The van der Waals surface area contributed by atoms with E-state index in [1.54, 1.807) is 21.9 Å². The van der Waals surface area contributed by atoms with Crippen LogP contribution in [0.5, 0.6) is 5.75 Å². The molecule has 0 bridgehead atoms. The van der Waals surface area contributed by atoms with Gasteiger partial charge < -0.3 is 24.5 Å². The largest absolute Gasteiger partial charge is 0.493 e. The molecule has 18 nitrogen and oxygen atoms in total. The standard InChI is InChI=1S/C56H54FN9O9S/c1-32-35(36-14-16-47(59-50(36)55(73)74)65-21-19-34-8-4-10-37(40(34)30-65)51(69)61-56-58-42-11-2-3-13-46(42)76-56)9-5-12-45(32)75-26-6-7-33-18-20-62(29-33)31-49(68)64-24-22-63(23-25-64)44-28-39-38(27-41(44)57)53(71)66(54(39)72)43-15-17-48(67)60-52(43)70/h2-5,8-14,16,27-28,33,43H,6-7,15,17-26,29-31H2,1H3,(H,73,74)(H,58,61,69)(H,60,67,70)/t33-,43?/m1/s1. The third-order valence-corrected chi connectivity index (χ3v) is 16.2. The predicted octanol–water partition coefficient (Wildman–Crippen LogP) is 6.55. The van der Waals surface area contributed by atoms with E-state index in [4.69, 9.17) is 9.72 Å². The normalized spacial score (nSPS) is 18.8. The molecular weight excluding hydrogens is 994 g/mol. The predicted molar refractivity (Wildman–Crippen MR) is 281 cm³/mol. The van der Waals surface area contributed by atoms with Crippen molar-refractivity contribution in [2.75, 3.05) is 74.1 Å². The van der Waals surface area contributed by atoms with Gasteiger partial charge in [0.1, 0.15) is 23.4 Å². The molecule has 0 saturated carbocycles. The maximum absolute atomic E-state index is 15.5. The molecule has 3 fully saturated rings. The van der Waals surface area contributed by atoms with Crippen LogP contribution in [0.2, 0.25) is 0 Å². The van der Waals surface area contributed by atoms with Gasteiger partial charge in [0.25, 0.3) is 17.7 Å². The number of carboxylic acids is 1. The molecule has 1 unspecified atom stereocenters. The molecule has 4 aromatic carbocycles. The van der Waals surface area contributed by atoms with E-state index in [0.29, 0.717) is 91.6 Å². The third kappa shape index (κ3) is 9.85. The minimum atomic E-state index is -1.16. The van der Waals surface area contributed by atoms with Crippen LogP contribution < -0.4 is 25.2 Å². The Morgan fingerprint density at radius 1 is 0.829 bits per heavy atom. The Kier molecular flexibility index (Phi) is 13.8. The number of ether oxygens (including phenoxy) is 1. The second-order valence-corrected chi connectivity index (χ2v) is 20.9. The number of carboxylic acid groups (broad SMARTS) is 1. The zero-order valence-corrected chi connectivity index (χ0v) is 42.5. The number of carbonyl (C=O) groups is 7. The van der Waals surface area contributed by atoms with Crippen LogP contribution in [0.3, 0.4) is 0 Å². The molecule has 2 atom stereocenters. The van der Waals surface area contributed by atoms with Crippen LogP contribution in [0.4, 0.5) is 21.0 Å². The van der Waals surface area contributed by atoms with Crippen molar-refractivity contribution in [2.24, 2.45) is 5.92 Å². The molecule has 6 amide bonds. The van der Waals surface area contributed by atoms with Gasteiger partial charge in [0, 0.05) is 63.4 Å². The van der Waals surface area contributed by atoms with Crippen LogP contribution in [0, 0.1) is 18.7 Å². The quantitative estimate of drug-likeness (QED) is 0.0780. The fourth-order valence-electron chi connectivity index (χ4n) is 11.2. The van der Waals surface area contributed by atoms with Gasteiger partial charge in [0.2, 0.25) is 17.7 Å². The minimum Gasteiger partial charge on any atom is -0.493 e. The van der Waals surface area contributed by atoms with Gasteiger partial charge in [-0.25, -0.2) is 19.2 Å². The summed E-state index contributed by atoms with van der Waals surface area (Å²) in [4.78, 5) is 108. The first-order chi connectivity index (χ1) is 36.8. The van der Waals surface area contributed by atoms with Crippen molar-refractivity contribution in [1.82, 2.24) is 30.0 Å². The fourth-order valence-corrected chi connectivity index (χ4v) is 12.1. The van der Waals surface area contributed by atoms with Gasteiger partial charge >= 0.3 is 5.97 Å². The number of anilines is 3. The number of carbonyl (C=O) groups excluding carboxylic acids is 6. The van der Waals surface area contributed by atoms with Gasteiger partial charge in [0.15, 0.2) is 10.8 Å². The summed E-state index contributed by atoms with van der Waals surface area (Å²) in [6.07, 6.45) is 3.27. The summed E-state index contributed by atoms with van der Waals surface area (Å²) in [6, 6.07) is 23.9. The number of nitrogens with zero attached hydrogens (tertiary/aromatic N) is 7. The fraction of sp³-hybridized carbons (Fsp3) is 0.339. The first kappa shape index (κ1) is 50.1. The number of thiazole rings is 1. The third-order valence-electron chi connectivity index (χ3n) is 15.2. The molecule has 0 spiro atoms. The topological polar surface area (TPSA) is 215 Å². The summed E-state index contributed by atoms with van der Waals surface area (Å²) >= 11 is 1.41. The molecule has 20 heteroatoms. The van der Waals surface area contributed by atoms with E-state index in [0.717, 1.165) is 70.2 Å². The number of likely N-dealkylation sites (tertiary alicyclic amines) is 1. The number of rotatable bonds is 14. The number of hydrogen-bond donors (Lipinski definition) is 3. The average molecular weight is 1050 g/mol. The van der Waals surface area contributed by atoms with E-state index in [1.165, 1.54) is 17.4 Å². The van der Waals surface area contributed by atoms with Crippen molar-refractivity contribution in [1.29, 1.82) is 0 Å². The molecule has 2 aromatic heterocycles. The Morgan fingerprint density at radius 3 is 2.41 bits per heavy atom. The van der Waals surface area contributed by atoms with Crippen molar-refractivity contribution in [3.63, 3.8) is 0 Å². The van der Waals surface area contributed by atoms with Gasteiger partial charge in [-0.15, -0.1) is 0 Å². The number of nitrogens with one attached hydrogen (secondary N) is 2. The number of aromatic nitrogens is 2. The highest BCUT2D eigenvalue weighted by atomic mass is 32.1. The second kappa shape index (κ2) is 20.9. The zero-order chi connectivity index (χ0) is 52.8. The molecule has 5 aliphatic heterocycles. The average Bonchev–Trinajstić information content (AvgIpc) is 4.13. The number of para-hydroxylation sites is 1. The van der Waals surface area contributed by atoms with E-state index in [9.17, 15) is 38.7 Å². The van der Waals surface area contributed by atoms with Gasteiger partial charge in [-0.3, -0.25) is 49.2 Å². The van der Waals surface area contributed by atoms with Gasteiger partial charge in [0.05, 0.1) is 40.2 Å². The number of piperidine rings is 1. The lowest BCUT2D eigenvalue weighted by Gasteiger charge is -2.37. The highest BCUT2D eigenvalue weighted by Crippen LogP contribution is 2.37. The van der Waals surface area contributed by atoms with Crippen LogP contribution in [-0.4, -0.2) is 136 Å².